The summed E-state index contributed by atoms with van der Waals surface area (Å²) in [4.78, 5) is 2.41. The molecule has 2 N–H and O–H groups in total. The van der Waals surface area contributed by atoms with Crippen LogP contribution in [0, 0.1) is 5.92 Å². The van der Waals surface area contributed by atoms with E-state index in [0.29, 0.717) is 5.92 Å². The Bertz CT molecular complexity index is 338. The zero-order valence-electron chi connectivity index (χ0n) is 9.86. The zero-order valence-corrected chi connectivity index (χ0v) is 9.86. The number of nitrogens with two attached hydrogens (primary N) is 1. The molecule has 16 heavy (non-hydrogen) atoms. The minimum atomic E-state index is 0.653. The minimum Gasteiger partial charge on any atom is -0.399 e. The first-order valence-electron chi connectivity index (χ1n) is 5.89. The Balaban J connectivity index is 2.03. The standard InChI is InChI=1S/C13H20N2O/c1-16-10-11-4-3-7-15(9-11)13-6-2-5-12(14)8-13/h2,5-6,8,11H,3-4,7,9-10,14H2,1H3. The summed E-state index contributed by atoms with van der Waals surface area (Å²) in [5.74, 6) is 0.653. The van der Waals surface area contributed by atoms with Crippen LogP contribution in [-0.2, 0) is 4.74 Å². The molecule has 1 atom stereocenters. The topological polar surface area (TPSA) is 38.5 Å². The molecule has 1 aliphatic rings. The highest BCUT2D eigenvalue weighted by Gasteiger charge is 2.19. The zero-order chi connectivity index (χ0) is 11.4. The van der Waals surface area contributed by atoms with Crippen molar-refractivity contribution in [2.45, 2.75) is 12.8 Å². The predicted molar refractivity (Wildman–Crippen MR) is 67.7 cm³/mol. The molecule has 0 bridgehead atoms. The van der Waals surface area contributed by atoms with Gasteiger partial charge in [0.25, 0.3) is 0 Å². The highest BCUT2D eigenvalue weighted by atomic mass is 16.5. The lowest BCUT2D eigenvalue weighted by atomic mass is 9.98. The largest absolute Gasteiger partial charge is 0.399 e. The normalized spacial score (nSPS) is 21.1. The van der Waals surface area contributed by atoms with E-state index >= 15 is 0 Å². The summed E-state index contributed by atoms with van der Waals surface area (Å²) in [6, 6.07) is 8.13. The molecule has 1 fully saturated rings. The van der Waals surface area contributed by atoms with E-state index in [4.69, 9.17) is 10.5 Å². The third kappa shape index (κ3) is 2.67. The Morgan fingerprint density at radius 1 is 1.50 bits per heavy atom. The molecular weight excluding hydrogens is 200 g/mol. The van der Waals surface area contributed by atoms with Gasteiger partial charge >= 0.3 is 0 Å². The van der Waals surface area contributed by atoms with Gasteiger partial charge in [-0.2, -0.15) is 0 Å². The van der Waals surface area contributed by atoms with E-state index in [2.05, 4.69) is 17.0 Å². The summed E-state index contributed by atoms with van der Waals surface area (Å²) in [6.07, 6.45) is 2.51. The van der Waals surface area contributed by atoms with E-state index in [-0.39, 0.29) is 0 Å². The van der Waals surface area contributed by atoms with Crippen LogP contribution >= 0.6 is 0 Å². The minimum absolute atomic E-state index is 0.653. The lowest BCUT2D eigenvalue weighted by molar-refractivity contribution is 0.143. The van der Waals surface area contributed by atoms with Gasteiger partial charge in [-0.25, -0.2) is 0 Å². The Morgan fingerprint density at radius 2 is 2.38 bits per heavy atom. The van der Waals surface area contributed by atoms with Gasteiger partial charge in [-0.15, -0.1) is 0 Å². The number of hydrogen-bond acceptors (Lipinski definition) is 3. The van der Waals surface area contributed by atoms with E-state index in [9.17, 15) is 0 Å². The van der Waals surface area contributed by atoms with Crippen LogP contribution in [0.3, 0.4) is 0 Å². The number of nitrogen functional groups attached to an aromatic ring is 1. The number of ether oxygens (including phenoxy) is 1. The van der Waals surface area contributed by atoms with Gasteiger partial charge in [-0.05, 0) is 37.0 Å². The third-order valence-corrected chi connectivity index (χ3v) is 3.16. The summed E-state index contributed by atoms with van der Waals surface area (Å²) >= 11 is 0. The fourth-order valence-electron chi connectivity index (χ4n) is 2.39. The van der Waals surface area contributed by atoms with Crippen LogP contribution in [0.25, 0.3) is 0 Å². The molecule has 0 amide bonds. The summed E-state index contributed by atoms with van der Waals surface area (Å²) in [7, 11) is 1.78. The summed E-state index contributed by atoms with van der Waals surface area (Å²) < 4.78 is 5.24. The Labute approximate surface area is 97.2 Å². The fourth-order valence-corrected chi connectivity index (χ4v) is 2.39. The second-order valence-corrected chi connectivity index (χ2v) is 4.50. The molecule has 0 saturated carbocycles. The second kappa shape index (κ2) is 5.21. The Hall–Kier alpha value is -1.22. The van der Waals surface area contributed by atoms with Crippen LogP contribution in [0.5, 0.6) is 0 Å². The van der Waals surface area contributed by atoms with E-state index in [1.54, 1.807) is 7.11 Å². The van der Waals surface area contributed by atoms with Gasteiger partial charge in [0.1, 0.15) is 0 Å². The number of rotatable bonds is 3. The summed E-state index contributed by atoms with van der Waals surface area (Å²) in [6.45, 7) is 3.07. The van der Waals surface area contributed by atoms with Crippen LogP contribution in [0.4, 0.5) is 11.4 Å². The quantitative estimate of drug-likeness (QED) is 0.793. The second-order valence-electron chi connectivity index (χ2n) is 4.50. The molecule has 3 heteroatoms. The maximum Gasteiger partial charge on any atom is 0.0507 e. The molecule has 2 rings (SSSR count). The smallest absolute Gasteiger partial charge is 0.0507 e. The summed E-state index contributed by atoms with van der Waals surface area (Å²) in [5.41, 5.74) is 7.88. The van der Waals surface area contributed by atoms with Gasteiger partial charge < -0.3 is 15.4 Å². The van der Waals surface area contributed by atoms with Gasteiger partial charge in [0.15, 0.2) is 0 Å². The van der Waals surface area contributed by atoms with Crippen LogP contribution < -0.4 is 10.6 Å². The van der Waals surface area contributed by atoms with E-state index in [1.807, 2.05) is 12.1 Å². The van der Waals surface area contributed by atoms with E-state index in [1.165, 1.54) is 18.5 Å². The van der Waals surface area contributed by atoms with Crippen molar-refractivity contribution in [1.29, 1.82) is 0 Å². The van der Waals surface area contributed by atoms with E-state index in [0.717, 1.165) is 25.4 Å². The van der Waals surface area contributed by atoms with Crippen LogP contribution in [0.1, 0.15) is 12.8 Å². The Morgan fingerprint density at radius 3 is 3.12 bits per heavy atom. The van der Waals surface area contributed by atoms with E-state index < -0.39 is 0 Å². The predicted octanol–water partition coefficient (Wildman–Crippen LogP) is 2.13. The van der Waals surface area contributed by atoms with Crippen molar-refractivity contribution >= 4 is 11.4 Å². The van der Waals surface area contributed by atoms with Gasteiger partial charge in [-0.1, -0.05) is 6.07 Å². The monoisotopic (exact) mass is 220 g/mol. The number of methoxy groups -OCH3 is 1. The average Bonchev–Trinajstić information content (AvgIpc) is 2.30. The SMILES string of the molecule is COCC1CCCN(c2cccc(N)c2)C1. The van der Waals surface area contributed by atoms with Crippen LogP contribution in [0.15, 0.2) is 24.3 Å². The third-order valence-electron chi connectivity index (χ3n) is 3.16. The van der Waals surface area contributed by atoms with Gasteiger partial charge in [0.2, 0.25) is 0 Å². The molecule has 0 aromatic heterocycles. The molecule has 1 unspecified atom stereocenters. The molecule has 1 aromatic carbocycles. The molecule has 0 aliphatic carbocycles. The lowest BCUT2D eigenvalue weighted by Gasteiger charge is -2.34. The van der Waals surface area contributed by atoms with Crippen molar-refractivity contribution in [2.75, 3.05) is 37.4 Å². The van der Waals surface area contributed by atoms with Crippen LogP contribution in [-0.4, -0.2) is 26.8 Å². The average molecular weight is 220 g/mol. The highest BCUT2D eigenvalue weighted by Crippen LogP contribution is 2.24. The molecule has 3 nitrogen and oxygen atoms in total. The molecular formula is C13H20N2O. The number of anilines is 2. The van der Waals surface area contributed by atoms with Crippen molar-refractivity contribution in [3.8, 4) is 0 Å². The highest BCUT2D eigenvalue weighted by molar-refractivity contribution is 5.56. The maximum atomic E-state index is 5.81. The molecule has 1 heterocycles. The molecule has 0 spiro atoms. The number of benzene rings is 1. The fraction of sp³-hybridized carbons (Fsp3) is 0.538. The van der Waals surface area contributed by atoms with Gasteiger partial charge in [0, 0.05) is 31.6 Å². The first kappa shape index (κ1) is 11.3. The number of piperidine rings is 1. The van der Waals surface area contributed by atoms with Crippen molar-refractivity contribution in [1.82, 2.24) is 0 Å². The molecule has 88 valence electrons. The lowest BCUT2D eigenvalue weighted by Crippen LogP contribution is -2.37. The molecule has 0 radical (unpaired) electrons. The molecule has 1 aromatic rings. The summed E-state index contributed by atoms with van der Waals surface area (Å²) in [5, 5.41) is 0. The van der Waals surface area contributed by atoms with Crippen molar-refractivity contribution in [3.05, 3.63) is 24.3 Å². The van der Waals surface area contributed by atoms with Gasteiger partial charge in [0.05, 0.1) is 6.61 Å². The van der Waals surface area contributed by atoms with Crippen molar-refractivity contribution in [2.24, 2.45) is 5.92 Å². The maximum absolute atomic E-state index is 5.81. The first-order chi connectivity index (χ1) is 7.79. The van der Waals surface area contributed by atoms with Crippen molar-refractivity contribution in [3.63, 3.8) is 0 Å². The van der Waals surface area contributed by atoms with Crippen LogP contribution in [0.2, 0.25) is 0 Å². The number of hydrogen-bond donors (Lipinski definition) is 1. The number of nitrogens with zero attached hydrogens (tertiary/aromatic N) is 1. The van der Waals surface area contributed by atoms with Crippen molar-refractivity contribution < 1.29 is 4.74 Å². The first-order valence-corrected chi connectivity index (χ1v) is 5.89. The Kier molecular flexibility index (Phi) is 3.67. The van der Waals surface area contributed by atoms with Gasteiger partial charge in [-0.3, -0.25) is 0 Å². The molecule has 1 aliphatic heterocycles. The molecule has 1 saturated heterocycles.